The van der Waals surface area contributed by atoms with Gasteiger partial charge in [-0.25, -0.2) is 8.78 Å². The average molecular weight is 514 g/mol. The van der Waals surface area contributed by atoms with Crippen molar-refractivity contribution in [2.45, 2.75) is 51.5 Å². The van der Waals surface area contributed by atoms with Gasteiger partial charge in [-0.1, -0.05) is 0 Å². The molecular formula is C27H37F2N7O. The number of amidine groups is 1. The van der Waals surface area contributed by atoms with Gasteiger partial charge < -0.3 is 26.2 Å². The van der Waals surface area contributed by atoms with E-state index in [1.165, 1.54) is 18.5 Å². The quantitative estimate of drug-likeness (QED) is 0.345. The number of amides is 1. The fourth-order valence-electron chi connectivity index (χ4n) is 5.44. The molecule has 0 unspecified atom stereocenters. The van der Waals surface area contributed by atoms with Crippen molar-refractivity contribution < 1.29 is 13.6 Å². The number of piperidine rings is 1. The summed E-state index contributed by atoms with van der Waals surface area (Å²) in [5.74, 6) is 0.231. The number of halogens is 2. The van der Waals surface area contributed by atoms with Crippen molar-refractivity contribution in [3.63, 3.8) is 0 Å². The van der Waals surface area contributed by atoms with Crippen molar-refractivity contribution >= 4 is 29.2 Å². The van der Waals surface area contributed by atoms with E-state index in [1.54, 1.807) is 24.9 Å². The summed E-state index contributed by atoms with van der Waals surface area (Å²) in [6.45, 7) is 4.91. The smallest absolute Gasteiger partial charge is 0.264 e. The molecule has 10 heteroatoms. The Hall–Kier alpha value is -3.27. The van der Waals surface area contributed by atoms with Gasteiger partial charge in [0.2, 0.25) is 5.91 Å². The van der Waals surface area contributed by atoms with E-state index in [9.17, 15) is 19.0 Å². The number of alkyl halides is 2. The highest BCUT2D eigenvalue weighted by molar-refractivity contribution is 6.12. The molecule has 1 saturated heterocycles. The summed E-state index contributed by atoms with van der Waals surface area (Å²) in [7, 11) is 1.57. The monoisotopic (exact) mass is 513 g/mol. The highest BCUT2D eigenvalue weighted by Gasteiger charge is 2.31. The van der Waals surface area contributed by atoms with Gasteiger partial charge in [0.25, 0.3) is 6.43 Å². The Morgan fingerprint density at radius 2 is 2.03 bits per heavy atom. The molecule has 5 N–H and O–H groups in total. The molecule has 0 aromatic heterocycles. The Bertz CT molecular complexity index is 1120. The van der Waals surface area contributed by atoms with Crippen molar-refractivity contribution in [1.82, 2.24) is 15.5 Å². The predicted molar refractivity (Wildman–Crippen MR) is 144 cm³/mol. The molecule has 0 saturated carbocycles. The molecule has 1 aromatic rings. The van der Waals surface area contributed by atoms with Crippen molar-refractivity contribution in [1.29, 1.82) is 5.41 Å². The van der Waals surface area contributed by atoms with Gasteiger partial charge in [0.1, 0.15) is 5.84 Å². The number of hydrogen-bond acceptors (Lipinski definition) is 6. The maximum absolute atomic E-state index is 14.2. The molecule has 0 radical (unpaired) electrons. The number of benzene rings is 1. The molecule has 1 amide bonds. The minimum atomic E-state index is -2.71. The number of carbonyl (C=O) groups is 1. The summed E-state index contributed by atoms with van der Waals surface area (Å²) in [6, 6.07) is 3.58. The van der Waals surface area contributed by atoms with Gasteiger partial charge in [-0.2, -0.15) is 0 Å². The van der Waals surface area contributed by atoms with Crippen molar-refractivity contribution in [2.24, 2.45) is 10.7 Å². The molecular weight excluding hydrogens is 476 g/mol. The van der Waals surface area contributed by atoms with Gasteiger partial charge in [-0.3, -0.25) is 15.2 Å². The average Bonchev–Trinajstić information content (AvgIpc) is 2.90. The van der Waals surface area contributed by atoms with Gasteiger partial charge in [0.15, 0.2) is 0 Å². The first-order valence-electron chi connectivity index (χ1n) is 12.9. The minimum absolute atomic E-state index is 0.0337. The second-order valence-corrected chi connectivity index (χ2v) is 9.80. The van der Waals surface area contributed by atoms with Crippen molar-refractivity contribution in [3.8, 4) is 0 Å². The lowest BCUT2D eigenvalue weighted by Gasteiger charge is -2.38. The lowest BCUT2D eigenvalue weighted by atomic mass is 9.91. The zero-order chi connectivity index (χ0) is 26.5. The molecule has 8 nitrogen and oxygen atoms in total. The first kappa shape index (κ1) is 26.8. The topological polar surface area (TPSA) is 110 Å². The van der Waals surface area contributed by atoms with Crippen LogP contribution >= 0.6 is 0 Å². The SMILES string of the molecule is CN=C/C(=C\N)c1cc2c(cc1C(F)F)N(C(=N)C1=C(NC3CCNCC3)CCN(C(C)=O)C1)CCC2. The Morgan fingerprint density at radius 3 is 2.68 bits per heavy atom. The first-order valence-corrected chi connectivity index (χ1v) is 12.9. The number of nitrogens with one attached hydrogen (secondary N) is 3. The number of carbonyl (C=O) groups excluding carboxylic acids is 1. The number of aliphatic imine (C=N–C) groups is 1. The number of allylic oxidation sites excluding steroid dienone is 1. The van der Waals surface area contributed by atoms with Crippen molar-refractivity contribution in [3.05, 3.63) is 46.3 Å². The van der Waals surface area contributed by atoms with Crippen LogP contribution in [0.15, 0.2) is 34.6 Å². The van der Waals surface area contributed by atoms with E-state index in [0.29, 0.717) is 48.9 Å². The molecule has 37 heavy (non-hydrogen) atoms. The molecule has 0 spiro atoms. The van der Waals surface area contributed by atoms with Crippen LogP contribution in [0.5, 0.6) is 0 Å². The Kier molecular flexibility index (Phi) is 8.58. The molecule has 1 fully saturated rings. The number of nitrogens with zero attached hydrogens (tertiary/aromatic N) is 3. The summed E-state index contributed by atoms with van der Waals surface area (Å²) in [5, 5.41) is 16.3. The number of nitrogens with two attached hydrogens (primary N) is 1. The van der Waals surface area contributed by atoms with E-state index >= 15 is 0 Å². The normalized spacial score (nSPS) is 19.5. The van der Waals surface area contributed by atoms with E-state index in [4.69, 9.17) is 5.73 Å². The maximum atomic E-state index is 14.2. The summed E-state index contributed by atoms with van der Waals surface area (Å²) in [6.07, 6.45) is 4.20. The second kappa shape index (κ2) is 11.9. The van der Waals surface area contributed by atoms with E-state index in [0.717, 1.165) is 55.6 Å². The largest absolute Gasteiger partial charge is 0.404 e. The van der Waals surface area contributed by atoms with E-state index in [-0.39, 0.29) is 17.3 Å². The van der Waals surface area contributed by atoms with Gasteiger partial charge in [0.05, 0.1) is 6.54 Å². The van der Waals surface area contributed by atoms with Gasteiger partial charge >= 0.3 is 0 Å². The highest BCUT2D eigenvalue weighted by atomic mass is 19.3. The molecule has 3 aliphatic rings. The van der Waals surface area contributed by atoms with Crippen LogP contribution in [-0.4, -0.2) is 68.7 Å². The minimum Gasteiger partial charge on any atom is -0.404 e. The number of hydrogen-bond donors (Lipinski definition) is 4. The van der Waals surface area contributed by atoms with Gasteiger partial charge in [0, 0.05) is 80.0 Å². The Labute approximate surface area is 217 Å². The van der Waals surface area contributed by atoms with Crippen molar-refractivity contribution in [2.75, 3.05) is 44.7 Å². The molecule has 200 valence electrons. The number of aryl methyl sites for hydroxylation is 1. The van der Waals surface area contributed by atoms with Crippen LogP contribution < -0.4 is 21.3 Å². The Balaban J connectivity index is 1.73. The third-order valence-corrected chi connectivity index (χ3v) is 7.43. The first-order chi connectivity index (χ1) is 17.8. The van der Waals surface area contributed by atoms with E-state index < -0.39 is 6.43 Å². The van der Waals surface area contributed by atoms with Gasteiger partial charge in [-0.05, 0) is 62.0 Å². The molecule has 0 aliphatic carbocycles. The van der Waals surface area contributed by atoms with Crippen LogP contribution in [0.1, 0.15) is 55.7 Å². The predicted octanol–water partition coefficient (Wildman–Crippen LogP) is 3.20. The maximum Gasteiger partial charge on any atom is 0.264 e. The zero-order valence-corrected chi connectivity index (χ0v) is 21.6. The standard InChI is InChI=1S/C27H37F2N7O/c1-17(37)35-11-7-24(34-20-5-8-33-9-6-20)23(16-35)27(31)36-10-3-4-18-12-21(19(14-30)15-32-2)22(26(28)29)13-25(18)36/h12-15,20,26,31,33-34H,3-11,16,30H2,1-2H3/b19-14+,31-27?,32-15?. The summed E-state index contributed by atoms with van der Waals surface area (Å²) >= 11 is 0. The molecule has 3 aliphatic heterocycles. The van der Waals surface area contributed by atoms with Crippen LogP contribution in [0.25, 0.3) is 5.57 Å². The van der Waals surface area contributed by atoms with Crippen LogP contribution in [-0.2, 0) is 11.2 Å². The second-order valence-electron chi connectivity index (χ2n) is 9.80. The molecule has 4 rings (SSSR count). The highest BCUT2D eigenvalue weighted by Crippen LogP contribution is 2.38. The van der Waals surface area contributed by atoms with E-state index in [2.05, 4.69) is 15.6 Å². The molecule has 0 atom stereocenters. The Morgan fingerprint density at radius 1 is 1.27 bits per heavy atom. The zero-order valence-electron chi connectivity index (χ0n) is 21.6. The van der Waals surface area contributed by atoms with Crippen LogP contribution in [0, 0.1) is 5.41 Å². The van der Waals surface area contributed by atoms with E-state index in [1.807, 2.05) is 4.90 Å². The number of rotatable bonds is 6. The lowest BCUT2D eigenvalue weighted by molar-refractivity contribution is -0.128. The number of fused-ring (bicyclic) bond motifs is 1. The molecule has 1 aromatic carbocycles. The summed E-state index contributed by atoms with van der Waals surface area (Å²) in [4.78, 5) is 19.8. The third-order valence-electron chi connectivity index (χ3n) is 7.43. The fraction of sp³-hybridized carbons (Fsp3) is 0.519. The van der Waals surface area contributed by atoms with Crippen LogP contribution in [0.3, 0.4) is 0 Å². The van der Waals surface area contributed by atoms with Crippen LogP contribution in [0.2, 0.25) is 0 Å². The summed E-state index contributed by atoms with van der Waals surface area (Å²) < 4.78 is 28.5. The van der Waals surface area contributed by atoms with Crippen LogP contribution in [0.4, 0.5) is 14.5 Å². The van der Waals surface area contributed by atoms with Gasteiger partial charge in [-0.15, -0.1) is 0 Å². The molecule has 0 bridgehead atoms. The third kappa shape index (κ3) is 5.84. The summed E-state index contributed by atoms with van der Waals surface area (Å²) in [5.41, 5.74) is 9.68. The lowest BCUT2D eigenvalue weighted by Crippen LogP contribution is -2.47. The number of anilines is 1. The fourth-order valence-corrected chi connectivity index (χ4v) is 5.44. The molecule has 3 heterocycles.